The van der Waals surface area contributed by atoms with E-state index < -0.39 is 20.8 Å². The maximum absolute atomic E-state index is 4.93. The summed E-state index contributed by atoms with van der Waals surface area (Å²) < 4.78 is 0. The van der Waals surface area contributed by atoms with Crippen LogP contribution in [0.15, 0.2) is 115 Å². The van der Waals surface area contributed by atoms with Gasteiger partial charge in [-0.25, -0.2) is 0 Å². The van der Waals surface area contributed by atoms with E-state index in [9.17, 15) is 0 Å². The molecule has 4 heteroatoms. The van der Waals surface area contributed by atoms with E-state index in [-0.39, 0.29) is 5.41 Å². The van der Waals surface area contributed by atoms with Crippen LogP contribution in [0.3, 0.4) is 0 Å². The summed E-state index contributed by atoms with van der Waals surface area (Å²) in [6, 6.07) is 42.4. The second kappa shape index (κ2) is 19.6. The number of fused-ring (bicyclic) bond motifs is 2. The van der Waals surface area contributed by atoms with Crippen molar-refractivity contribution in [1.82, 2.24) is 0 Å². The second-order valence-electron chi connectivity index (χ2n) is 12.6. The molecule has 0 N–H and O–H groups in total. The summed E-state index contributed by atoms with van der Waals surface area (Å²) >= 11 is -0.826. The van der Waals surface area contributed by atoms with Gasteiger partial charge >= 0.3 is 37.9 Å². The van der Waals surface area contributed by atoms with Gasteiger partial charge in [-0.05, 0) is 40.5 Å². The Morgan fingerprint density at radius 1 is 0.717 bits per heavy atom. The normalized spacial score (nSPS) is 10.6. The molecule has 0 spiro atoms. The standard InChI is InChI=1S/C21H23.C19H19.C2H6Si.2ClH.Zr/c1-3-5-7-17-14-19-8-6-9-20(21(19)15-17)18-12-10-16(4-2)11-13-18;1-19(2,3)16-12-10-15(11-13-16)18-9-5-7-14-6-4-8-17(14)18;1-3-2;;;/h6,8-15H,3-5,7H2,1-2H3;4-13H,1-3H3;1-2H3;2*1H;/q2*-1;;;;+4/p-2. The molecule has 46 heavy (non-hydrogen) atoms. The van der Waals surface area contributed by atoms with Crippen molar-refractivity contribution in [3.63, 3.8) is 0 Å². The molecule has 0 unspecified atom stereocenters. The van der Waals surface area contributed by atoms with Crippen molar-refractivity contribution in [3.05, 3.63) is 132 Å². The van der Waals surface area contributed by atoms with Crippen molar-refractivity contribution >= 4 is 48.1 Å². The molecule has 6 rings (SSSR count). The molecule has 0 saturated carbocycles. The minimum absolute atomic E-state index is 0.213. The molecule has 0 nitrogen and oxygen atoms in total. The fraction of sp³-hybridized carbons (Fsp3) is 0.286. The minimum atomic E-state index is -0.826. The molecule has 0 bridgehead atoms. The molecule has 0 fully saturated rings. The van der Waals surface area contributed by atoms with E-state index >= 15 is 0 Å². The molecule has 0 saturated heterocycles. The summed E-state index contributed by atoms with van der Waals surface area (Å²) in [6.45, 7) is 15.5. The predicted octanol–water partition coefficient (Wildman–Crippen LogP) is 13.8. The van der Waals surface area contributed by atoms with Crippen LogP contribution in [0.4, 0.5) is 0 Å². The van der Waals surface area contributed by atoms with Crippen LogP contribution in [0.5, 0.6) is 0 Å². The Hall–Kier alpha value is -2.22. The summed E-state index contributed by atoms with van der Waals surface area (Å²) in [5, 5.41) is 5.43. The molecule has 0 heterocycles. The average Bonchev–Trinajstić information content (AvgIpc) is 3.72. The Morgan fingerprint density at radius 3 is 1.80 bits per heavy atom. The SMILES string of the molecule is CC(C)(C)c1ccc(-c2cccc3[cH-]ccc23)cc1.CCCCc1cc2c(-c3ccc(CC)cc3)cccc2[cH-]1.C[Si]C.[Cl][Zr+2][Cl]. The first kappa shape index (κ1) is 38.2. The van der Waals surface area contributed by atoms with Crippen molar-refractivity contribution in [2.24, 2.45) is 0 Å². The van der Waals surface area contributed by atoms with Gasteiger partial charge in [-0.15, -0.1) is 63.5 Å². The van der Waals surface area contributed by atoms with E-state index in [1.165, 1.54) is 79.8 Å². The van der Waals surface area contributed by atoms with Crippen LogP contribution in [0.25, 0.3) is 43.8 Å². The zero-order valence-electron chi connectivity index (χ0n) is 28.6. The third-order valence-electron chi connectivity index (χ3n) is 8.04. The molecule has 0 amide bonds. The molecular formula is C42H48Cl2SiZr. The topological polar surface area (TPSA) is 0 Å². The quantitative estimate of drug-likeness (QED) is 0.118. The van der Waals surface area contributed by atoms with Gasteiger partial charge in [0.2, 0.25) is 0 Å². The van der Waals surface area contributed by atoms with Gasteiger partial charge in [0.1, 0.15) is 0 Å². The van der Waals surface area contributed by atoms with Crippen LogP contribution in [-0.4, -0.2) is 9.52 Å². The molecule has 6 aromatic carbocycles. The number of hydrogen-bond donors (Lipinski definition) is 0. The number of benzene rings is 4. The van der Waals surface area contributed by atoms with E-state index in [1.807, 2.05) is 0 Å². The summed E-state index contributed by atoms with van der Waals surface area (Å²) in [5.74, 6) is 0. The Balaban J connectivity index is 0.000000215. The first-order chi connectivity index (χ1) is 22.2. The summed E-state index contributed by atoms with van der Waals surface area (Å²) in [6.07, 6.45) is 4.82. The second-order valence-corrected chi connectivity index (χ2v) is 17.3. The third-order valence-corrected chi connectivity index (χ3v) is 8.04. The number of halogens is 2. The van der Waals surface area contributed by atoms with E-state index in [0.29, 0.717) is 0 Å². The van der Waals surface area contributed by atoms with Crippen molar-refractivity contribution in [1.29, 1.82) is 0 Å². The van der Waals surface area contributed by atoms with Gasteiger partial charge < -0.3 is 0 Å². The average molecular weight is 743 g/mol. The van der Waals surface area contributed by atoms with Crippen molar-refractivity contribution in [2.45, 2.75) is 78.8 Å². The van der Waals surface area contributed by atoms with Crippen molar-refractivity contribution in [2.75, 3.05) is 0 Å². The molecule has 0 aliphatic rings. The van der Waals surface area contributed by atoms with E-state index in [4.69, 9.17) is 17.0 Å². The molecular weight excluding hydrogens is 695 g/mol. The Labute approximate surface area is 299 Å². The van der Waals surface area contributed by atoms with Crippen LogP contribution in [0, 0.1) is 0 Å². The van der Waals surface area contributed by atoms with E-state index in [0.717, 1.165) is 15.9 Å². The third kappa shape index (κ3) is 10.9. The molecule has 6 aromatic rings. The number of rotatable bonds is 6. The van der Waals surface area contributed by atoms with Crippen LogP contribution in [0.1, 0.15) is 64.2 Å². The number of hydrogen-bond acceptors (Lipinski definition) is 0. The first-order valence-electron chi connectivity index (χ1n) is 16.3. The van der Waals surface area contributed by atoms with Crippen LogP contribution >= 0.6 is 17.0 Å². The van der Waals surface area contributed by atoms with Gasteiger partial charge in [-0.3, -0.25) is 0 Å². The number of aryl methyl sites for hydroxylation is 2. The molecule has 2 radical (unpaired) electrons. The van der Waals surface area contributed by atoms with Crippen molar-refractivity contribution in [3.8, 4) is 22.3 Å². The van der Waals surface area contributed by atoms with Gasteiger partial charge in [0.05, 0.1) is 0 Å². The Kier molecular flexibility index (Phi) is 16.3. The number of unbranched alkanes of at least 4 members (excludes halogenated alkanes) is 1. The zero-order valence-corrected chi connectivity index (χ0v) is 33.5. The Morgan fingerprint density at radius 2 is 1.26 bits per heavy atom. The molecule has 0 aliphatic carbocycles. The predicted molar refractivity (Wildman–Crippen MR) is 206 cm³/mol. The van der Waals surface area contributed by atoms with Gasteiger partial charge in [0.15, 0.2) is 0 Å². The van der Waals surface area contributed by atoms with Gasteiger partial charge in [0.25, 0.3) is 0 Å². The zero-order chi connectivity index (χ0) is 33.5. The van der Waals surface area contributed by atoms with Gasteiger partial charge in [-0.1, -0.05) is 132 Å². The van der Waals surface area contributed by atoms with Gasteiger partial charge in [-0.2, -0.15) is 18.2 Å². The van der Waals surface area contributed by atoms with E-state index in [1.54, 1.807) is 0 Å². The fourth-order valence-corrected chi connectivity index (χ4v) is 5.56. The summed E-state index contributed by atoms with van der Waals surface area (Å²) in [7, 11) is 11.0. The Bertz CT molecular complexity index is 1720. The van der Waals surface area contributed by atoms with E-state index in [2.05, 4.69) is 163 Å². The van der Waals surface area contributed by atoms with Crippen LogP contribution in [-0.2, 0) is 39.1 Å². The monoisotopic (exact) mass is 740 g/mol. The summed E-state index contributed by atoms with van der Waals surface area (Å²) in [4.78, 5) is 0. The van der Waals surface area contributed by atoms with Crippen LogP contribution in [0.2, 0.25) is 13.1 Å². The molecule has 0 aliphatic heterocycles. The van der Waals surface area contributed by atoms with Crippen LogP contribution < -0.4 is 0 Å². The molecule has 0 aromatic heterocycles. The first-order valence-corrected chi connectivity index (χ1v) is 24.6. The van der Waals surface area contributed by atoms with Crippen molar-refractivity contribution < 1.29 is 20.8 Å². The molecule has 238 valence electrons. The molecule has 0 atom stereocenters. The van der Waals surface area contributed by atoms with Gasteiger partial charge in [0, 0.05) is 9.52 Å². The summed E-state index contributed by atoms with van der Waals surface area (Å²) in [5.41, 5.74) is 9.77. The maximum atomic E-state index is 4.93. The fourth-order valence-electron chi connectivity index (χ4n) is 5.56.